The molecule has 50 heavy (non-hydrogen) atoms. The van der Waals surface area contributed by atoms with Crippen LogP contribution in [0.5, 0.6) is 0 Å². The van der Waals surface area contributed by atoms with Crippen LogP contribution in [-0.2, 0) is 19.8 Å². The van der Waals surface area contributed by atoms with Crippen molar-refractivity contribution < 1.29 is 27.0 Å². The lowest BCUT2D eigenvalue weighted by Crippen LogP contribution is -2.45. The van der Waals surface area contributed by atoms with Gasteiger partial charge in [0.15, 0.2) is 5.69 Å². The van der Waals surface area contributed by atoms with Gasteiger partial charge >= 0.3 is 6.18 Å². The van der Waals surface area contributed by atoms with Gasteiger partial charge in [-0.15, -0.1) is 0 Å². The van der Waals surface area contributed by atoms with Crippen LogP contribution in [0.25, 0.3) is 27.6 Å². The lowest BCUT2D eigenvalue weighted by molar-refractivity contribution is -0.907. The molecule has 0 aliphatic heterocycles. The van der Waals surface area contributed by atoms with Crippen LogP contribution >= 0.6 is 0 Å². The van der Waals surface area contributed by atoms with Crippen LogP contribution in [0, 0.1) is 19.4 Å². The Bertz CT molecular complexity index is 2110. The molecule has 1 N–H and O–H groups in total. The number of nitrogens with zero attached hydrogens (tertiary/aromatic N) is 7. The van der Waals surface area contributed by atoms with E-state index in [0.717, 1.165) is 71.5 Å². The molecule has 2 aromatic carbocycles. The highest BCUT2D eigenvalue weighted by Crippen LogP contribution is 2.32. The summed E-state index contributed by atoms with van der Waals surface area (Å²) in [6, 6.07) is 14.5. The molecule has 1 aliphatic rings. The summed E-state index contributed by atoms with van der Waals surface area (Å²) in [5, 5.41) is 11.6. The van der Waals surface area contributed by atoms with Crippen molar-refractivity contribution in [1.82, 2.24) is 29.6 Å². The number of aryl methyl sites for hydroxylation is 1. The third-order valence-electron chi connectivity index (χ3n) is 9.22. The number of aromatic nitrogens is 5. The lowest BCUT2D eigenvalue weighted by atomic mass is 9.85. The Morgan fingerprint density at radius 2 is 1.78 bits per heavy atom. The summed E-state index contributed by atoms with van der Waals surface area (Å²) in [4.78, 5) is 31.7. The van der Waals surface area contributed by atoms with Gasteiger partial charge in [-0.2, -0.15) is 18.3 Å². The minimum Gasteiger partial charge on any atom is -0.361 e. The summed E-state index contributed by atoms with van der Waals surface area (Å²) >= 11 is 0. The molecule has 3 aromatic heterocycles. The molecule has 3 heterocycles. The Balaban J connectivity index is 1.30. The second-order valence-corrected chi connectivity index (χ2v) is 13.6. The maximum absolute atomic E-state index is 14.2. The number of hydrogen-bond acceptors (Lipinski definition) is 5. The minimum atomic E-state index is -4.63. The molecule has 1 amide bonds. The van der Waals surface area contributed by atoms with E-state index in [1.54, 1.807) is 30.3 Å². The van der Waals surface area contributed by atoms with Gasteiger partial charge in [0.1, 0.15) is 29.3 Å². The summed E-state index contributed by atoms with van der Waals surface area (Å²) in [7, 11) is 5.85. The molecule has 6 rings (SSSR count). The van der Waals surface area contributed by atoms with E-state index in [9.17, 15) is 22.8 Å². The number of nitrogens with one attached hydrogen (secondary N) is 1. The van der Waals surface area contributed by atoms with Crippen molar-refractivity contribution in [3.8, 4) is 22.8 Å². The van der Waals surface area contributed by atoms with Gasteiger partial charge in [-0.05, 0) is 69.0 Å². The molecule has 0 atom stereocenters. The first-order valence-electron chi connectivity index (χ1n) is 16.3. The highest BCUT2D eigenvalue weighted by molar-refractivity contribution is 6.00. The summed E-state index contributed by atoms with van der Waals surface area (Å²) in [6.45, 7) is 10.8. The van der Waals surface area contributed by atoms with Crippen molar-refractivity contribution in [3.05, 3.63) is 111 Å². The third kappa shape index (κ3) is 7.13. The van der Waals surface area contributed by atoms with Crippen LogP contribution in [0.2, 0.25) is 0 Å². The van der Waals surface area contributed by atoms with Crippen molar-refractivity contribution in [3.63, 3.8) is 0 Å². The number of carbonyl (C=O) groups is 1. The van der Waals surface area contributed by atoms with E-state index in [2.05, 4.69) is 34.5 Å². The van der Waals surface area contributed by atoms with Gasteiger partial charge in [0, 0.05) is 25.1 Å². The van der Waals surface area contributed by atoms with Crippen LogP contribution in [0.3, 0.4) is 0 Å². The van der Waals surface area contributed by atoms with Crippen LogP contribution in [0.1, 0.15) is 53.1 Å². The first-order chi connectivity index (χ1) is 23.7. The number of alkyl halides is 3. The molecule has 11 nitrogen and oxygen atoms in total. The standard InChI is InChI=1S/C36H37F3N8O3/c1-23-19-28(43-50-23)22-47(4,5)21-24-9-11-27(12-10-24)42-34(48)32-33(31-17-18-41-45(31)29-15-13-26(40-2)14-16-29)44(3)46(35(32)49)30-8-6-7-25(20-30)36(37,38)39/h6-8,13-20,24,27H,9-12,21-22H2,1,3-5H3/p+1. The first-order valence-corrected chi connectivity index (χ1v) is 16.3. The Morgan fingerprint density at radius 3 is 2.42 bits per heavy atom. The molecule has 1 fully saturated rings. The zero-order chi connectivity index (χ0) is 35.8. The van der Waals surface area contributed by atoms with Crippen molar-refractivity contribution in [2.45, 2.75) is 51.4 Å². The number of rotatable bonds is 9. The fourth-order valence-electron chi connectivity index (χ4n) is 7.01. The predicted octanol–water partition coefficient (Wildman–Crippen LogP) is 6.46. The molecule has 0 radical (unpaired) electrons. The van der Waals surface area contributed by atoms with Gasteiger partial charge < -0.3 is 14.3 Å². The molecule has 0 saturated heterocycles. The van der Waals surface area contributed by atoms with Crippen LogP contribution in [0.15, 0.2) is 76.2 Å². The maximum Gasteiger partial charge on any atom is 0.416 e. The molecule has 1 aliphatic carbocycles. The molecular formula is C36H38F3N8O3+. The van der Waals surface area contributed by atoms with Gasteiger partial charge in [0.05, 0.1) is 56.0 Å². The summed E-state index contributed by atoms with van der Waals surface area (Å²) in [5.74, 6) is 0.600. The minimum absolute atomic E-state index is 0.0397. The Labute approximate surface area is 286 Å². The predicted molar refractivity (Wildman–Crippen MR) is 180 cm³/mol. The first kappa shape index (κ1) is 34.4. The van der Waals surface area contributed by atoms with E-state index in [1.165, 1.54) is 34.7 Å². The molecule has 14 heteroatoms. The van der Waals surface area contributed by atoms with E-state index in [-0.39, 0.29) is 23.0 Å². The SMILES string of the molecule is [C-]#[N+]c1ccc(-n2nccc2-c2c(C(=O)NC3CCC(C[N+](C)(C)Cc4cc(C)on4)CC3)c(=O)n(-c3cccc(C(F)(F)F)c3)n2C)cc1. The van der Waals surface area contributed by atoms with E-state index in [4.69, 9.17) is 11.1 Å². The lowest BCUT2D eigenvalue weighted by Gasteiger charge is -2.36. The van der Waals surface area contributed by atoms with E-state index < -0.39 is 23.2 Å². The largest absolute Gasteiger partial charge is 0.416 e. The van der Waals surface area contributed by atoms with Crippen molar-refractivity contribution >= 4 is 11.6 Å². The molecule has 0 bridgehead atoms. The van der Waals surface area contributed by atoms with Crippen LogP contribution < -0.4 is 10.9 Å². The molecule has 0 unspecified atom stereocenters. The number of quaternary nitrogens is 1. The Kier molecular flexibility index (Phi) is 9.28. The summed E-state index contributed by atoms with van der Waals surface area (Å²) < 4.78 is 51.1. The van der Waals surface area contributed by atoms with Gasteiger partial charge in [0.2, 0.25) is 0 Å². The molecule has 1 saturated carbocycles. The zero-order valence-corrected chi connectivity index (χ0v) is 28.2. The van der Waals surface area contributed by atoms with E-state index in [1.807, 2.05) is 13.0 Å². The molecule has 5 aromatic rings. The molecule has 0 spiro atoms. The number of halogens is 3. The number of amides is 1. The molecular weight excluding hydrogens is 649 g/mol. The van der Waals surface area contributed by atoms with Crippen LogP contribution in [0.4, 0.5) is 18.9 Å². The number of carbonyl (C=O) groups excluding carboxylic acids is 1. The monoisotopic (exact) mass is 687 g/mol. The Hall–Kier alpha value is -5.42. The van der Waals surface area contributed by atoms with Gasteiger partial charge in [-0.1, -0.05) is 23.4 Å². The zero-order valence-electron chi connectivity index (χ0n) is 28.2. The van der Waals surface area contributed by atoms with Gasteiger partial charge in [0.25, 0.3) is 11.5 Å². The fourth-order valence-corrected chi connectivity index (χ4v) is 7.01. The van der Waals surface area contributed by atoms with Gasteiger partial charge in [-0.3, -0.25) is 14.3 Å². The number of hydrogen-bond donors (Lipinski definition) is 1. The normalized spacial score (nSPS) is 16.7. The topological polar surface area (TPSA) is 104 Å². The smallest absolute Gasteiger partial charge is 0.361 e. The third-order valence-corrected chi connectivity index (χ3v) is 9.22. The van der Waals surface area contributed by atoms with E-state index >= 15 is 0 Å². The van der Waals surface area contributed by atoms with Gasteiger partial charge in [-0.25, -0.2) is 14.2 Å². The summed E-state index contributed by atoms with van der Waals surface area (Å²) in [6.07, 6.45) is 0.0779. The highest BCUT2D eigenvalue weighted by Gasteiger charge is 2.34. The van der Waals surface area contributed by atoms with Crippen LogP contribution in [-0.4, -0.2) is 61.4 Å². The average Bonchev–Trinajstić information content (AvgIpc) is 3.78. The quantitative estimate of drug-likeness (QED) is 0.142. The second kappa shape index (κ2) is 13.5. The Morgan fingerprint density at radius 1 is 1.06 bits per heavy atom. The maximum atomic E-state index is 14.2. The number of benzene rings is 2. The van der Waals surface area contributed by atoms with Crippen molar-refractivity contribution in [2.75, 3.05) is 20.6 Å². The van der Waals surface area contributed by atoms with E-state index in [0.29, 0.717) is 23.0 Å². The average molecular weight is 688 g/mol. The summed E-state index contributed by atoms with van der Waals surface area (Å²) in [5.41, 5.74) is 0.546. The van der Waals surface area contributed by atoms with Crippen molar-refractivity contribution in [2.24, 2.45) is 13.0 Å². The highest BCUT2D eigenvalue weighted by atomic mass is 19.4. The molecule has 260 valence electrons. The fraction of sp³-hybridized carbons (Fsp3) is 0.361. The van der Waals surface area contributed by atoms with Crippen molar-refractivity contribution in [1.29, 1.82) is 0 Å². The second-order valence-electron chi connectivity index (χ2n) is 13.6.